The summed E-state index contributed by atoms with van der Waals surface area (Å²) in [6.45, 7) is 1.90. The first-order chi connectivity index (χ1) is 10.6. The van der Waals surface area contributed by atoms with Crippen LogP contribution in [0.5, 0.6) is 5.75 Å². The first-order valence-electron chi connectivity index (χ1n) is 7.82. The molecule has 116 valence electrons. The summed E-state index contributed by atoms with van der Waals surface area (Å²) in [7, 11) is 3.55. The van der Waals surface area contributed by atoms with Crippen LogP contribution < -0.4 is 4.74 Å². The number of carbonyl (C=O) groups is 1. The van der Waals surface area contributed by atoms with Crippen LogP contribution in [0.1, 0.15) is 41.7 Å². The summed E-state index contributed by atoms with van der Waals surface area (Å²) in [6.07, 6.45) is 4.66. The number of methoxy groups -OCH3 is 1. The van der Waals surface area contributed by atoms with Gasteiger partial charge in [0.15, 0.2) is 0 Å². The van der Waals surface area contributed by atoms with Gasteiger partial charge in [-0.2, -0.15) is 0 Å². The maximum atomic E-state index is 12.8. The van der Waals surface area contributed by atoms with E-state index in [4.69, 9.17) is 4.74 Å². The lowest BCUT2D eigenvalue weighted by Crippen LogP contribution is -2.35. The van der Waals surface area contributed by atoms with Crippen molar-refractivity contribution in [3.63, 3.8) is 0 Å². The Morgan fingerprint density at radius 1 is 1.27 bits per heavy atom. The summed E-state index contributed by atoms with van der Waals surface area (Å²) in [5, 5.41) is 0.967. The maximum Gasteiger partial charge on any atom is 0.255 e. The molecule has 0 spiro atoms. The third-order valence-electron chi connectivity index (χ3n) is 4.64. The van der Waals surface area contributed by atoms with E-state index in [-0.39, 0.29) is 5.91 Å². The zero-order valence-electron chi connectivity index (χ0n) is 13.4. The van der Waals surface area contributed by atoms with E-state index in [2.05, 4.69) is 4.98 Å². The van der Waals surface area contributed by atoms with Crippen LogP contribution in [0, 0.1) is 6.92 Å². The van der Waals surface area contributed by atoms with Crippen molar-refractivity contribution in [1.82, 2.24) is 9.88 Å². The number of ether oxygens (including phenoxy) is 1. The lowest BCUT2D eigenvalue weighted by molar-refractivity contribution is 0.0734. The Morgan fingerprint density at radius 3 is 2.68 bits per heavy atom. The van der Waals surface area contributed by atoms with Crippen molar-refractivity contribution in [1.29, 1.82) is 0 Å². The molecule has 1 aromatic heterocycles. The van der Waals surface area contributed by atoms with Crippen LogP contribution in [-0.4, -0.2) is 36.0 Å². The molecule has 1 heterocycles. The highest BCUT2D eigenvalue weighted by molar-refractivity contribution is 5.98. The molecule has 4 nitrogen and oxygen atoms in total. The number of rotatable bonds is 3. The fraction of sp³-hybridized carbons (Fsp3) is 0.444. The quantitative estimate of drug-likeness (QED) is 0.870. The average Bonchev–Trinajstić information content (AvgIpc) is 3.06. The molecule has 4 heteroatoms. The minimum absolute atomic E-state index is 0.0784. The normalized spacial score (nSPS) is 15.2. The van der Waals surface area contributed by atoms with E-state index in [1.807, 2.05) is 43.1 Å². The van der Waals surface area contributed by atoms with Crippen molar-refractivity contribution in [3.8, 4) is 5.75 Å². The molecule has 1 saturated carbocycles. The first-order valence-corrected chi connectivity index (χ1v) is 7.82. The van der Waals surface area contributed by atoms with Gasteiger partial charge in [0.1, 0.15) is 5.75 Å². The fourth-order valence-electron chi connectivity index (χ4n) is 3.23. The average molecular weight is 298 g/mol. The second-order valence-corrected chi connectivity index (χ2v) is 6.03. The fourth-order valence-corrected chi connectivity index (χ4v) is 3.23. The molecule has 1 fully saturated rings. The molecule has 1 amide bonds. The van der Waals surface area contributed by atoms with Crippen molar-refractivity contribution in [3.05, 3.63) is 35.5 Å². The van der Waals surface area contributed by atoms with E-state index in [1.54, 1.807) is 7.11 Å². The number of amides is 1. The van der Waals surface area contributed by atoms with Crippen molar-refractivity contribution < 1.29 is 9.53 Å². The van der Waals surface area contributed by atoms with Crippen LogP contribution in [0.25, 0.3) is 10.9 Å². The number of fused-ring (bicyclic) bond motifs is 1. The van der Waals surface area contributed by atoms with Crippen molar-refractivity contribution in [2.45, 2.75) is 38.6 Å². The molecule has 0 N–H and O–H groups in total. The Morgan fingerprint density at radius 2 is 2.00 bits per heavy atom. The van der Waals surface area contributed by atoms with Crippen LogP contribution in [0.2, 0.25) is 0 Å². The second kappa shape index (κ2) is 5.95. The minimum atomic E-state index is 0.0784. The van der Waals surface area contributed by atoms with E-state index < -0.39 is 0 Å². The number of hydrogen-bond donors (Lipinski definition) is 0. The molecule has 0 unspecified atom stereocenters. The zero-order chi connectivity index (χ0) is 15.7. The summed E-state index contributed by atoms with van der Waals surface area (Å²) in [5.74, 6) is 0.858. The number of carbonyl (C=O) groups excluding carboxylic acids is 1. The van der Waals surface area contributed by atoms with Crippen LogP contribution in [0.4, 0.5) is 0 Å². The Balaban J connectivity index is 1.96. The van der Waals surface area contributed by atoms with Gasteiger partial charge in [0, 0.05) is 24.5 Å². The summed E-state index contributed by atoms with van der Waals surface area (Å²) in [4.78, 5) is 19.3. The molecule has 0 aliphatic heterocycles. The molecule has 0 saturated heterocycles. The van der Waals surface area contributed by atoms with Crippen LogP contribution in [0.3, 0.4) is 0 Å². The van der Waals surface area contributed by atoms with Crippen LogP contribution >= 0.6 is 0 Å². The monoisotopic (exact) mass is 298 g/mol. The minimum Gasteiger partial charge on any atom is -0.497 e. The van der Waals surface area contributed by atoms with Crippen molar-refractivity contribution >= 4 is 16.8 Å². The number of aromatic nitrogens is 1. The number of benzene rings is 1. The van der Waals surface area contributed by atoms with Gasteiger partial charge in [-0.05, 0) is 38.0 Å². The molecule has 1 aliphatic carbocycles. The first kappa shape index (κ1) is 14.8. The van der Waals surface area contributed by atoms with Crippen LogP contribution in [-0.2, 0) is 0 Å². The molecule has 0 atom stereocenters. The third kappa shape index (κ3) is 2.65. The highest BCUT2D eigenvalue weighted by atomic mass is 16.5. The smallest absolute Gasteiger partial charge is 0.255 e. The molecule has 2 aromatic rings. The van der Waals surface area contributed by atoms with Crippen molar-refractivity contribution in [2.24, 2.45) is 0 Å². The van der Waals surface area contributed by atoms with E-state index >= 15 is 0 Å². The molecule has 0 radical (unpaired) electrons. The third-order valence-corrected chi connectivity index (χ3v) is 4.64. The number of aryl methyl sites for hydroxylation is 1. The van der Waals surface area contributed by atoms with E-state index in [9.17, 15) is 4.79 Å². The van der Waals surface area contributed by atoms with Gasteiger partial charge < -0.3 is 9.64 Å². The summed E-state index contributed by atoms with van der Waals surface area (Å²) >= 11 is 0. The van der Waals surface area contributed by atoms with Gasteiger partial charge in [-0.1, -0.05) is 12.8 Å². The van der Waals surface area contributed by atoms with Gasteiger partial charge in [0.2, 0.25) is 0 Å². The summed E-state index contributed by atoms with van der Waals surface area (Å²) < 4.78 is 5.23. The van der Waals surface area contributed by atoms with Gasteiger partial charge in [-0.3, -0.25) is 9.78 Å². The Kier molecular flexibility index (Phi) is 4.01. The number of nitrogens with zero attached hydrogens (tertiary/aromatic N) is 2. The maximum absolute atomic E-state index is 12.8. The summed E-state index contributed by atoms with van der Waals surface area (Å²) in [6, 6.07) is 8.07. The highest BCUT2D eigenvalue weighted by Gasteiger charge is 2.25. The largest absolute Gasteiger partial charge is 0.497 e. The van der Waals surface area contributed by atoms with Crippen molar-refractivity contribution in [2.75, 3.05) is 14.2 Å². The SMILES string of the molecule is COc1ccc2cc(C(=O)N(C)C3CCCC3)c(C)nc2c1. The van der Waals surface area contributed by atoms with Crippen LogP contribution in [0.15, 0.2) is 24.3 Å². The van der Waals surface area contributed by atoms with Gasteiger partial charge in [0.25, 0.3) is 5.91 Å². The predicted octanol–water partition coefficient (Wildman–Crippen LogP) is 3.57. The Hall–Kier alpha value is -2.10. The molecule has 0 bridgehead atoms. The molecule has 1 aromatic carbocycles. The molecule has 3 rings (SSSR count). The van der Waals surface area contributed by atoms with Gasteiger partial charge in [-0.25, -0.2) is 0 Å². The second-order valence-electron chi connectivity index (χ2n) is 6.03. The lowest BCUT2D eigenvalue weighted by atomic mass is 10.1. The standard InChI is InChI=1S/C18H22N2O2/c1-12-16(18(21)20(2)14-6-4-5-7-14)10-13-8-9-15(22-3)11-17(13)19-12/h8-11,14H,4-7H2,1-3H3. The van der Waals surface area contributed by atoms with E-state index in [0.29, 0.717) is 11.6 Å². The molecular weight excluding hydrogens is 276 g/mol. The Bertz CT molecular complexity index is 706. The highest BCUT2D eigenvalue weighted by Crippen LogP contribution is 2.26. The predicted molar refractivity (Wildman–Crippen MR) is 87.4 cm³/mol. The molecule has 1 aliphatic rings. The zero-order valence-corrected chi connectivity index (χ0v) is 13.4. The number of hydrogen-bond acceptors (Lipinski definition) is 3. The summed E-state index contributed by atoms with van der Waals surface area (Å²) in [5.41, 5.74) is 2.33. The Labute approximate surface area is 131 Å². The van der Waals surface area contributed by atoms with E-state index in [0.717, 1.165) is 35.2 Å². The van der Waals surface area contributed by atoms with Gasteiger partial charge >= 0.3 is 0 Å². The number of pyridine rings is 1. The molecule has 22 heavy (non-hydrogen) atoms. The van der Waals surface area contributed by atoms with Gasteiger partial charge in [0.05, 0.1) is 23.9 Å². The van der Waals surface area contributed by atoms with Gasteiger partial charge in [-0.15, -0.1) is 0 Å². The van der Waals surface area contributed by atoms with E-state index in [1.165, 1.54) is 12.8 Å². The topological polar surface area (TPSA) is 42.4 Å². The molecular formula is C18H22N2O2. The lowest BCUT2D eigenvalue weighted by Gasteiger charge is -2.25.